The summed E-state index contributed by atoms with van der Waals surface area (Å²) in [5.74, 6) is -0.238. The van der Waals surface area contributed by atoms with Gasteiger partial charge in [-0.3, -0.25) is 9.89 Å². The standard InChI is InChI=1S/C16H18ClN5O2/c1-22(15(23)14-13(17)8-19-21-14)12-6-3-10(4-7-12)2-5-11-9-24-16(18)20-11/h3-4,6-8,11H,2,5,9H2,1H3,(H2,18,20)(H,19,21)/t11-/m0/s1. The molecule has 0 radical (unpaired) electrons. The van der Waals surface area contributed by atoms with Crippen molar-refractivity contribution >= 4 is 29.2 Å². The number of benzene rings is 1. The van der Waals surface area contributed by atoms with Crippen molar-refractivity contribution in [1.82, 2.24) is 10.2 Å². The van der Waals surface area contributed by atoms with Gasteiger partial charge >= 0.3 is 0 Å². The van der Waals surface area contributed by atoms with Crippen molar-refractivity contribution in [2.24, 2.45) is 10.7 Å². The van der Waals surface area contributed by atoms with E-state index in [1.807, 2.05) is 24.3 Å². The fourth-order valence-corrected chi connectivity index (χ4v) is 2.68. The molecule has 2 heterocycles. The molecule has 0 bridgehead atoms. The van der Waals surface area contributed by atoms with Crippen molar-refractivity contribution in [1.29, 1.82) is 0 Å². The number of aryl methyl sites for hydroxylation is 1. The number of carbonyl (C=O) groups excluding carboxylic acids is 1. The summed E-state index contributed by atoms with van der Waals surface area (Å²) in [7, 11) is 1.70. The van der Waals surface area contributed by atoms with E-state index in [0.29, 0.717) is 11.6 Å². The Kier molecular flexibility index (Phi) is 4.71. The molecular weight excluding hydrogens is 330 g/mol. The molecule has 1 atom stereocenters. The van der Waals surface area contributed by atoms with E-state index in [9.17, 15) is 4.79 Å². The first-order valence-corrected chi connectivity index (χ1v) is 7.94. The van der Waals surface area contributed by atoms with Gasteiger partial charge in [0.1, 0.15) is 12.3 Å². The smallest absolute Gasteiger partial charge is 0.282 e. The molecule has 0 aliphatic carbocycles. The van der Waals surface area contributed by atoms with Crippen molar-refractivity contribution in [2.45, 2.75) is 18.9 Å². The molecular formula is C16H18ClN5O2. The van der Waals surface area contributed by atoms with Crippen LogP contribution in [0.2, 0.25) is 5.02 Å². The Hall–Kier alpha value is -2.54. The van der Waals surface area contributed by atoms with Crippen LogP contribution in [0.4, 0.5) is 5.69 Å². The molecule has 8 heteroatoms. The molecule has 3 rings (SSSR count). The number of aromatic amines is 1. The van der Waals surface area contributed by atoms with Crippen LogP contribution in [0, 0.1) is 0 Å². The Bertz CT molecular complexity index is 756. The molecule has 1 aliphatic heterocycles. The highest BCUT2D eigenvalue weighted by Crippen LogP contribution is 2.20. The van der Waals surface area contributed by atoms with Crippen LogP contribution in [0.5, 0.6) is 0 Å². The van der Waals surface area contributed by atoms with Gasteiger partial charge in [0.2, 0.25) is 0 Å². The van der Waals surface area contributed by atoms with Crippen molar-refractivity contribution < 1.29 is 9.53 Å². The second-order valence-corrected chi connectivity index (χ2v) is 6.00. The van der Waals surface area contributed by atoms with E-state index < -0.39 is 0 Å². The molecule has 0 saturated heterocycles. The molecule has 0 saturated carbocycles. The van der Waals surface area contributed by atoms with Crippen LogP contribution < -0.4 is 10.6 Å². The second kappa shape index (κ2) is 6.92. The average molecular weight is 348 g/mol. The monoisotopic (exact) mass is 347 g/mol. The van der Waals surface area contributed by atoms with Gasteiger partial charge in [-0.2, -0.15) is 5.10 Å². The van der Waals surface area contributed by atoms with Crippen LogP contribution in [0.25, 0.3) is 0 Å². The summed E-state index contributed by atoms with van der Waals surface area (Å²) in [4.78, 5) is 18.1. The third-order valence-electron chi connectivity index (χ3n) is 3.93. The van der Waals surface area contributed by atoms with Crippen molar-refractivity contribution in [3.63, 3.8) is 0 Å². The van der Waals surface area contributed by atoms with Crippen LogP contribution in [0.1, 0.15) is 22.5 Å². The summed E-state index contributed by atoms with van der Waals surface area (Å²) in [5.41, 5.74) is 7.72. The fourth-order valence-electron chi connectivity index (χ4n) is 2.51. The highest BCUT2D eigenvalue weighted by molar-refractivity contribution is 6.34. The largest absolute Gasteiger partial charge is 0.463 e. The van der Waals surface area contributed by atoms with Crippen LogP contribution in [0.3, 0.4) is 0 Å². The van der Waals surface area contributed by atoms with Gasteiger partial charge in [0, 0.05) is 12.7 Å². The molecule has 3 N–H and O–H groups in total. The lowest BCUT2D eigenvalue weighted by Crippen LogP contribution is -2.26. The number of H-pyrrole nitrogens is 1. The third kappa shape index (κ3) is 3.51. The SMILES string of the molecule is CN(C(=O)c1[nH]ncc1Cl)c1ccc(CC[C@H]2COC(N)=N2)cc1. The number of amidine groups is 1. The maximum atomic E-state index is 12.4. The van der Waals surface area contributed by atoms with E-state index in [-0.39, 0.29) is 23.7 Å². The first-order chi connectivity index (χ1) is 11.5. The normalized spacial score (nSPS) is 16.6. The second-order valence-electron chi connectivity index (χ2n) is 5.59. The number of halogens is 1. The molecule has 1 aromatic heterocycles. The molecule has 7 nitrogen and oxygen atoms in total. The number of nitrogens with zero attached hydrogens (tertiary/aromatic N) is 3. The van der Waals surface area contributed by atoms with Gasteiger partial charge in [-0.05, 0) is 30.5 Å². The summed E-state index contributed by atoms with van der Waals surface area (Å²) < 4.78 is 5.14. The van der Waals surface area contributed by atoms with E-state index in [1.165, 1.54) is 16.7 Å². The zero-order valence-electron chi connectivity index (χ0n) is 13.2. The van der Waals surface area contributed by atoms with Crippen LogP contribution >= 0.6 is 11.6 Å². The predicted octanol–water partition coefficient (Wildman–Crippen LogP) is 1.99. The zero-order valence-corrected chi connectivity index (χ0v) is 14.0. The Balaban J connectivity index is 1.61. The van der Waals surface area contributed by atoms with Gasteiger partial charge in [-0.25, -0.2) is 4.99 Å². The predicted molar refractivity (Wildman–Crippen MR) is 92.5 cm³/mol. The Morgan fingerprint density at radius 3 is 2.79 bits per heavy atom. The highest BCUT2D eigenvalue weighted by atomic mass is 35.5. The van der Waals surface area contributed by atoms with Gasteiger partial charge in [0.15, 0.2) is 0 Å². The number of carbonyl (C=O) groups is 1. The lowest BCUT2D eigenvalue weighted by Gasteiger charge is -2.17. The summed E-state index contributed by atoms with van der Waals surface area (Å²) in [6, 6.07) is 8.19. The molecule has 0 fully saturated rings. The molecule has 1 aromatic carbocycles. The number of hydrogen-bond acceptors (Lipinski definition) is 5. The van der Waals surface area contributed by atoms with Crippen molar-refractivity contribution in [3.05, 3.63) is 46.7 Å². The molecule has 1 aliphatic rings. The Labute approximate surface area is 144 Å². The number of hydrogen-bond donors (Lipinski definition) is 2. The number of nitrogens with one attached hydrogen (secondary N) is 1. The van der Waals surface area contributed by atoms with Crippen molar-refractivity contribution in [3.8, 4) is 0 Å². The maximum Gasteiger partial charge on any atom is 0.282 e. The lowest BCUT2D eigenvalue weighted by molar-refractivity contribution is 0.0988. The first kappa shape index (κ1) is 16.3. The van der Waals surface area contributed by atoms with E-state index >= 15 is 0 Å². The van der Waals surface area contributed by atoms with Gasteiger partial charge in [-0.15, -0.1) is 0 Å². The van der Waals surface area contributed by atoms with E-state index in [2.05, 4.69) is 15.2 Å². The minimum Gasteiger partial charge on any atom is -0.463 e. The Morgan fingerprint density at radius 1 is 1.46 bits per heavy atom. The number of aromatic nitrogens is 2. The van der Waals surface area contributed by atoms with Crippen LogP contribution in [0.15, 0.2) is 35.5 Å². The third-order valence-corrected chi connectivity index (χ3v) is 4.22. The number of anilines is 1. The molecule has 0 spiro atoms. The number of ether oxygens (including phenoxy) is 1. The zero-order chi connectivity index (χ0) is 17.1. The molecule has 0 unspecified atom stereocenters. The summed E-state index contributed by atoms with van der Waals surface area (Å²) in [6.45, 7) is 0.548. The molecule has 126 valence electrons. The number of aliphatic imine (C=N–C) groups is 1. The number of rotatable bonds is 5. The topological polar surface area (TPSA) is 96.6 Å². The highest BCUT2D eigenvalue weighted by Gasteiger charge is 2.19. The van der Waals surface area contributed by atoms with Gasteiger partial charge < -0.3 is 15.4 Å². The first-order valence-electron chi connectivity index (χ1n) is 7.56. The molecule has 2 aromatic rings. The fraction of sp³-hybridized carbons (Fsp3) is 0.312. The quantitative estimate of drug-likeness (QED) is 0.864. The Morgan fingerprint density at radius 2 is 2.21 bits per heavy atom. The summed E-state index contributed by atoms with van der Waals surface area (Å²) in [6.07, 6.45) is 3.15. The summed E-state index contributed by atoms with van der Waals surface area (Å²) >= 11 is 5.93. The van der Waals surface area contributed by atoms with Crippen molar-refractivity contribution in [2.75, 3.05) is 18.6 Å². The van der Waals surface area contributed by atoms with Crippen LogP contribution in [-0.4, -0.2) is 41.8 Å². The lowest BCUT2D eigenvalue weighted by atomic mass is 10.1. The maximum absolute atomic E-state index is 12.4. The van der Waals surface area contributed by atoms with Gasteiger partial charge in [0.25, 0.3) is 11.9 Å². The minimum atomic E-state index is -0.238. The van der Waals surface area contributed by atoms with Gasteiger partial charge in [-0.1, -0.05) is 23.7 Å². The number of nitrogens with two attached hydrogens (primary N) is 1. The summed E-state index contributed by atoms with van der Waals surface area (Å²) in [5, 5.41) is 6.69. The van der Waals surface area contributed by atoms with Crippen LogP contribution in [-0.2, 0) is 11.2 Å². The van der Waals surface area contributed by atoms with Gasteiger partial charge in [0.05, 0.1) is 17.3 Å². The minimum absolute atomic E-state index is 0.122. The van der Waals surface area contributed by atoms with E-state index in [1.54, 1.807) is 7.05 Å². The van der Waals surface area contributed by atoms with E-state index in [4.69, 9.17) is 22.1 Å². The average Bonchev–Trinajstić information content (AvgIpc) is 3.20. The molecule has 1 amide bonds. The van der Waals surface area contributed by atoms with E-state index in [0.717, 1.165) is 18.5 Å². The number of amides is 1. The molecule has 24 heavy (non-hydrogen) atoms.